The van der Waals surface area contributed by atoms with Gasteiger partial charge >= 0.3 is 0 Å². The number of unbranched alkanes of at least 4 members (excludes halogenated alkanes) is 1. The van der Waals surface area contributed by atoms with Gasteiger partial charge in [-0.3, -0.25) is 0 Å². The summed E-state index contributed by atoms with van der Waals surface area (Å²) in [4.78, 5) is 0. The highest BCUT2D eigenvalue weighted by atomic mass is 35.5. The van der Waals surface area contributed by atoms with E-state index >= 15 is 0 Å². The van der Waals surface area contributed by atoms with Crippen LogP contribution in [0.2, 0.25) is 0 Å². The summed E-state index contributed by atoms with van der Waals surface area (Å²) in [7, 11) is 0. The number of hydrogen-bond donors (Lipinski definition) is 0. The first kappa shape index (κ1) is 12.4. The third-order valence-electron chi connectivity index (χ3n) is 2.31. The molecule has 0 aliphatic rings. The van der Waals surface area contributed by atoms with Crippen LogP contribution in [0.5, 0.6) is 0 Å². The van der Waals surface area contributed by atoms with Crippen molar-refractivity contribution in [3.05, 3.63) is 35.4 Å². The van der Waals surface area contributed by atoms with E-state index in [1.165, 1.54) is 6.07 Å². The van der Waals surface area contributed by atoms with Gasteiger partial charge in [0.2, 0.25) is 0 Å². The molecular formula is C12H15ClF2. The van der Waals surface area contributed by atoms with E-state index < -0.39 is 11.6 Å². The lowest BCUT2D eigenvalue weighted by Gasteiger charge is -2.08. The summed E-state index contributed by atoms with van der Waals surface area (Å²) >= 11 is 6.07. The van der Waals surface area contributed by atoms with Crippen molar-refractivity contribution in [3.63, 3.8) is 0 Å². The first-order valence-corrected chi connectivity index (χ1v) is 5.65. The Labute approximate surface area is 94.3 Å². The Hall–Kier alpha value is -0.630. The molecule has 1 aromatic carbocycles. The van der Waals surface area contributed by atoms with Crippen LogP contribution in [0.15, 0.2) is 18.2 Å². The van der Waals surface area contributed by atoms with Gasteiger partial charge in [0.15, 0.2) is 11.6 Å². The minimum absolute atomic E-state index is 0.00908. The predicted molar refractivity (Wildman–Crippen MR) is 59.2 cm³/mol. The Morgan fingerprint density at radius 1 is 1.27 bits per heavy atom. The van der Waals surface area contributed by atoms with Gasteiger partial charge in [-0.05, 0) is 30.5 Å². The minimum atomic E-state index is -0.807. The first-order valence-electron chi connectivity index (χ1n) is 5.21. The number of hydrogen-bond acceptors (Lipinski definition) is 0. The zero-order chi connectivity index (χ0) is 11.3. The molecule has 15 heavy (non-hydrogen) atoms. The zero-order valence-electron chi connectivity index (χ0n) is 8.77. The Bertz CT molecular complexity index is 312. The van der Waals surface area contributed by atoms with Gasteiger partial charge in [0.05, 0.1) is 0 Å². The second kappa shape index (κ2) is 6.06. The molecule has 0 aliphatic heterocycles. The van der Waals surface area contributed by atoms with Crippen molar-refractivity contribution in [2.24, 2.45) is 0 Å². The van der Waals surface area contributed by atoms with Crippen LogP contribution in [-0.2, 0) is 6.42 Å². The van der Waals surface area contributed by atoms with Crippen molar-refractivity contribution in [2.45, 2.75) is 38.0 Å². The smallest absolute Gasteiger partial charge is 0.159 e. The van der Waals surface area contributed by atoms with E-state index in [1.807, 2.05) is 0 Å². The van der Waals surface area contributed by atoms with Crippen molar-refractivity contribution in [1.82, 2.24) is 0 Å². The molecule has 0 aromatic heterocycles. The van der Waals surface area contributed by atoms with Gasteiger partial charge in [-0.15, -0.1) is 11.6 Å². The molecule has 1 unspecified atom stereocenters. The van der Waals surface area contributed by atoms with Crippen molar-refractivity contribution < 1.29 is 8.78 Å². The fourth-order valence-corrected chi connectivity index (χ4v) is 1.78. The zero-order valence-corrected chi connectivity index (χ0v) is 9.53. The van der Waals surface area contributed by atoms with Crippen molar-refractivity contribution in [3.8, 4) is 0 Å². The van der Waals surface area contributed by atoms with Gasteiger partial charge in [0.1, 0.15) is 0 Å². The van der Waals surface area contributed by atoms with Crippen LogP contribution in [0.25, 0.3) is 0 Å². The van der Waals surface area contributed by atoms with Gasteiger partial charge in [-0.25, -0.2) is 8.78 Å². The van der Waals surface area contributed by atoms with Gasteiger partial charge in [-0.2, -0.15) is 0 Å². The SMILES string of the molecule is CCCCC(Cl)Cc1ccc(F)c(F)c1. The van der Waals surface area contributed by atoms with Crippen LogP contribution in [0.3, 0.4) is 0 Å². The lowest BCUT2D eigenvalue weighted by atomic mass is 10.1. The topological polar surface area (TPSA) is 0 Å². The Kier molecular flexibility index (Phi) is 5.03. The summed E-state index contributed by atoms with van der Waals surface area (Å²) in [6.45, 7) is 2.10. The van der Waals surface area contributed by atoms with Crippen LogP contribution in [-0.4, -0.2) is 5.38 Å². The molecule has 0 amide bonds. The molecule has 0 saturated heterocycles. The van der Waals surface area contributed by atoms with Gasteiger partial charge in [0.25, 0.3) is 0 Å². The third kappa shape index (κ3) is 4.17. The van der Waals surface area contributed by atoms with Crippen molar-refractivity contribution >= 4 is 11.6 Å². The van der Waals surface area contributed by atoms with E-state index in [1.54, 1.807) is 6.07 Å². The summed E-state index contributed by atoms with van der Waals surface area (Å²) < 4.78 is 25.5. The molecule has 0 saturated carbocycles. The van der Waals surface area contributed by atoms with Gasteiger partial charge in [0, 0.05) is 5.38 Å². The lowest BCUT2D eigenvalue weighted by Crippen LogP contribution is -2.03. The van der Waals surface area contributed by atoms with Gasteiger partial charge in [-0.1, -0.05) is 25.8 Å². The lowest BCUT2D eigenvalue weighted by molar-refractivity contribution is 0.506. The Balaban J connectivity index is 2.53. The predicted octanol–water partition coefficient (Wildman–Crippen LogP) is 4.30. The quantitative estimate of drug-likeness (QED) is 0.664. The molecule has 0 N–H and O–H groups in total. The van der Waals surface area contributed by atoms with Crippen LogP contribution in [0.1, 0.15) is 31.7 Å². The summed E-state index contributed by atoms with van der Waals surface area (Å²) in [6, 6.07) is 3.95. The van der Waals surface area contributed by atoms with Crippen LogP contribution in [0, 0.1) is 11.6 Å². The van der Waals surface area contributed by atoms with Crippen molar-refractivity contribution in [1.29, 1.82) is 0 Å². The summed E-state index contributed by atoms with van der Waals surface area (Å²) in [5, 5.41) is 0.00908. The maximum atomic E-state index is 12.9. The molecule has 1 aromatic rings. The molecule has 1 rings (SSSR count). The van der Waals surface area contributed by atoms with E-state index in [4.69, 9.17) is 11.6 Å². The highest BCUT2D eigenvalue weighted by Gasteiger charge is 2.08. The monoisotopic (exact) mass is 232 g/mol. The summed E-state index contributed by atoms with van der Waals surface area (Å²) in [5.74, 6) is -1.61. The molecule has 0 spiro atoms. The average Bonchev–Trinajstić information content (AvgIpc) is 2.20. The highest BCUT2D eigenvalue weighted by Crippen LogP contribution is 2.16. The second-order valence-electron chi connectivity index (χ2n) is 3.69. The van der Waals surface area contributed by atoms with E-state index in [0.717, 1.165) is 30.9 Å². The molecular weight excluding hydrogens is 218 g/mol. The van der Waals surface area contributed by atoms with E-state index in [2.05, 4.69) is 6.92 Å². The average molecular weight is 233 g/mol. The number of benzene rings is 1. The number of alkyl halides is 1. The molecule has 1 atom stereocenters. The molecule has 0 radical (unpaired) electrons. The fourth-order valence-electron chi connectivity index (χ4n) is 1.45. The van der Waals surface area contributed by atoms with Crippen LogP contribution in [0.4, 0.5) is 8.78 Å². The van der Waals surface area contributed by atoms with Crippen LogP contribution >= 0.6 is 11.6 Å². The molecule has 3 heteroatoms. The van der Waals surface area contributed by atoms with Crippen LogP contribution < -0.4 is 0 Å². The maximum absolute atomic E-state index is 12.9. The first-order chi connectivity index (χ1) is 7.13. The second-order valence-corrected chi connectivity index (χ2v) is 4.31. The fraction of sp³-hybridized carbons (Fsp3) is 0.500. The third-order valence-corrected chi connectivity index (χ3v) is 2.68. The molecule has 0 fully saturated rings. The molecule has 0 bridgehead atoms. The largest absolute Gasteiger partial charge is 0.204 e. The molecule has 0 heterocycles. The molecule has 0 aliphatic carbocycles. The Morgan fingerprint density at radius 3 is 2.60 bits per heavy atom. The van der Waals surface area contributed by atoms with Gasteiger partial charge < -0.3 is 0 Å². The highest BCUT2D eigenvalue weighted by molar-refractivity contribution is 6.20. The minimum Gasteiger partial charge on any atom is -0.204 e. The standard InChI is InChI=1S/C12H15ClF2/c1-2-3-4-10(13)7-9-5-6-11(14)12(15)8-9/h5-6,8,10H,2-4,7H2,1H3. The molecule has 84 valence electrons. The van der Waals surface area contributed by atoms with Crippen molar-refractivity contribution in [2.75, 3.05) is 0 Å². The van der Waals surface area contributed by atoms with E-state index in [0.29, 0.717) is 6.42 Å². The summed E-state index contributed by atoms with van der Waals surface area (Å²) in [6.07, 6.45) is 3.68. The number of halogens is 3. The summed E-state index contributed by atoms with van der Waals surface area (Å²) in [5.41, 5.74) is 0.755. The van der Waals surface area contributed by atoms with E-state index in [9.17, 15) is 8.78 Å². The molecule has 0 nitrogen and oxygen atoms in total. The maximum Gasteiger partial charge on any atom is 0.159 e. The Morgan fingerprint density at radius 2 is 2.00 bits per heavy atom. The normalized spacial score (nSPS) is 12.8. The number of rotatable bonds is 5. The van der Waals surface area contributed by atoms with E-state index in [-0.39, 0.29) is 5.38 Å².